The minimum atomic E-state index is -0.852. The zero-order chi connectivity index (χ0) is 16.4. The number of nitrogens with one attached hydrogen (secondary N) is 1. The van der Waals surface area contributed by atoms with Crippen molar-refractivity contribution in [3.05, 3.63) is 35.9 Å². The number of anilines is 1. The van der Waals surface area contributed by atoms with Crippen LogP contribution in [0.15, 0.2) is 30.3 Å². The molecule has 0 radical (unpaired) electrons. The van der Waals surface area contributed by atoms with Gasteiger partial charge >= 0.3 is 6.09 Å². The molecule has 7 nitrogen and oxygen atoms in total. The molecule has 7 heteroatoms. The highest BCUT2D eigenvalue weighted by atomic mass is 16.5. The average molecular weight is 317 g/mol. The second-order valence-corrected chi connectivity index (χ2v) is 5.99. The lowest BCUT2D eigenvalue weighted by atomic mass is 9.86. The monoisotopic (exact) mass is 317 g/mol. The van der Waals surface area contributed by atoms with Crippen molar-refractivity contribution < 1.29 is 19.9 Å². The number of nitrogens with zero attached hydrogens (tertiary/aromatic N) is 2. The molecule has 3 N–H and O–H groups in total. The SMILES string of the molecule is O=C(C=Cc1ccccc1N1CC2(CCCN2C(=O)O)C1)NO. The van der Waals surface area contributed by atoms with E-state index in [9.17, 15) is 14.7 Å². The van der Waals surface area contributed by atoms with Gasteiger partial charge in [-0.25, -0.2) is 10.3 Å². The van der Waals surface area contributed by atoms with Gasteiger partial charge in [0.15, 0.2) is 0 Å². The number of hydrogen-bond acceptors (Lipinski definition) is 4. The van der Waals surface area contributed by atoms with Crippen molar-refractivity contribution in [1.29, 1.82) is 0 Å². The maximum Gasteiger partial charge on any atom is 0.407 e. The molecule has 2 aliphatic heterocycles. The molecule has 2 fully saturated rings. The minimum Gasteiger partial charge on any atom is -0.465 e. The average Bonchev–Trinajstić information content (AvgIpc) is 2.96. The third-order valence-electron chi connectivity index (χ3n) is 4.60. The topological polar surface area (TPSA) is 93.1 Å². The summed E-state index contributed by atoms with van der Waals surface area (Å²) in [6, 6.07) is 7.61. The quantitative estimate of drug-likeness (QED) is 0.447. The molecular formula is C16H19N3O4. The third kappa shape index (κ3) is 2.75. The summed E-state index contributed by atoms with van der Waals surface area (Å²) in [5, 5.41) is 17.9. The van der Waals surface area contributed by atoms with Gasteiger partial charge in [0.25, 0.3) is 5.91 Å². The number of hydrogen-bond donors (Lipinski definition) is 3. The Morgan fingerprint density at radius 2 is 2.00 bits per heavy atom. The van der Waals surface area contributed by atoms with E-state index < -0.39 is 12.0 Å². The molecule has 1 spiro atoms. The van der Waals surface area contributed by atoms with Crippen LogP contribution in [0.2, 0.25) is 0 Å². The van der Waals surface area contributed by atoms with Gasteiger partial charge in [-0.15, -0.1) is 0 Å². The molecule has 0 saturated carbocycles. The molecule has 0 bridgehead atoms. The van der Waals surface area contributed by atoms with Crippen LogP contribution in [0.4, 0.5) is 10.5 Å². The lowest BCUT2D eigenvalue weighted by Gasteiger charge is -2.53. The number of carbonyl (C=O) groups is 2. The highest BCUT2D eigenvalue weighted by molar-refractivity contribution is 5.92. The lowest BCUT2D eigenvalue weighted by Crippen LogP contribution is -2.69. The summed E-state index contributed by atoms with van der Waals surface area (Å²) in [5.74, 6) is -0.590. The molecule has 0 unspecified atom stereocenters. The van der Waals surface area contributed by atoms with Crippen LogP contribution in [-0.4, -0.2) is 52.4 Å². The van der Waals surface area contributed by atoms with Crippen LogP contribution in [0.3, 0.4) is 0 Å². The number of amides is 2. The first kappa shape index (κ1) is 15.4. The lowest BCUT2D eigenvalue weighted by molar-refractivity contribution is -0.124. The van der Waals surface area contributed by atoms with Crippen LogP contribution < -0.4 is 10.4 Å². The smallest absolute Gasteiger partial charge is 0.407 e. The molecule has 0 aliphatic carbocycles. The van der Waals surface area contributed by atoms with Crippen molar-refractivity contribution in [2.75, 3.05) is 24.5 Å². The largest absolute Gasteiger partial charge is 0.465 e. The summed E-state index contributed by atoms with van der Waals surface area (Å²) >= 11 is 0. The van der Waals surface area contributed by atoms with Gasteiger partial charge in [0.2, 0.25) is 0 Å². The van der Waals surface area contributed by atoms with Gasteiger partial charge in [-0.1, -0.05) is 18.2 Å². The number of hydroxylamine groups is 1. The van der Waals surface area contributed by atoms with Crippen LogP contribution >= 0.6 is 0 Å². The molecule has 2 saturated heterocycles. The highest BCUT2D eigenvalue weighted by Crippen LogP contribution is 2.41. The molecule has 1 aromatic rings. The van der Waals surface area contributed by atoms with Crippen LogP contribution in [0.25, 0.3) is 6.08 Å². The second-order valence-electron chi connectivity index (χ2n) is 5.99. The Balaban J connectivity index is 1.76. The van der Waals surface area contributed by atoms with E-state index in [1.165, 1.54) is 6.08 Å². The van der Waals surface area contributed by atoms with Gasteiger partial charge in [0.1, 0.15) is 0 Å². The maximum absolute atomic E-state index is 11.4. The molecule has 2 aliphatic rings. The first-order valence-corrected chi connectivity index (χ1v) is 7.52. The molecule has 3 rings (SSSR count). The minimum absolute atomic E-state index is 0.273. The van der Waals surface area contributed by atoms with Crippen LogP contribution in [-0.2, 0) is 4.79 Å². The number of likely N-dealkylation sites (tertiary alicyclic amines) is 1. The number of para-hydroxylation sites is 1. The fourth-order valence-corrected chi connectivity index (χ4v) is 3.52. The zero-order valence-electron chi connectivity index (χ0n) is 12.6. The Bertz CT molecular complexity index is 652. The molecule has 1 aromatic carbocycles. The molecule has 0 atom stereocenters. The zero-order valence-corrected chi connectivity index (χ0v) is 12.6. The number of carbonyl (C=O) groups excluding carboxylic acids is 1. The van der Waals surface area contributed by atoms with Crippen molar-refractivity contribution in [3.8, 4) is 0 Å². The number of carboxylic acid groups (broad SMARTS) is 1. The summed E-state index contributed by atoms with van der Waals surface area (Å²) in [4.78, 5) is 26.2. The molecular weight excluding hydrogens is 298 g/mol. The number of rotatable bonds is 3. The van der Waals surface area contributed by atoms with Crippen molar-refractivity contribution in [2.45, 2.75) is 18.4 Å². The van der Waals surface area contributed by atoms with Crippen LogP contribution in [0.1, 0.15) is 18.4 Å². The van der Waals surface area contributed by atoms with E-state index in [1.807, 2.05) is 24.3 Å². The van der Waals surface area contributed by atoms with Crippen molar-refractivity contribution in [1.82, 2.24) is 10.4 Å². The first-order valence-electron chi connectivity index (χ1n) is 7.52. The third-order valence-corrected chi connectivity index (χ3v) is 4.60. The standard InChI is InChI=1S/C16H19N3O4/c20-14(17-23)7-6-12-4-1-2-5-13(12)18-10-16(11-18)8-3-9-19(16)15(21)22/h1-2,4-7,23H,3,8-11H2,(H,17,20)(H,21,22). The summed E-state index contributed by atoms with van der Waals surface area (Å²) < 4.78 is 0. The van der Waals surface area contributed by atoms with E-state index in [1.54, 1.807) is 16.5 Å². The molecule has 2 heterocycles. The predicted molar refractivity (Wildman–Crippen MR) is 84.3 cm³/mol. The summed E-state index contributed by atoms with van der Waals surface area (Å²) in [6.45, 7) is 1.92. The van der Waals surface area contributed by atoms with Gasteiger partial charge in [-0.2, -0.15) is 0 Å². The number of benzene rings is 1. The second kappa shape index (κ2) is 5.92. The fourth-order valence-electron chi connectivity index (χ4n) is 3.52. The van der Waals surface area contributed by atoms with E-state index in [2.05, 4.69) is 4.90 Å². The highest BCUT2D eigenvalue weighted by Gasteiger charge is 2.52. The Hall–Kier alpha value is -2.54. The van der Waals surface area contributed by atoms with E-state index in [-0.39, 0.29) is 5.54 Å². The van der Waals surface area contributed by atoms with E-state index in [4.69, 9.17) is 5.21 Å². The molecule has 0 aromatic heterocycles. The van der Waals surface area contributed by atoms with Crippen molar-refractivity contribution in [2.24, 2.45) is 0 Å². The molecule has 23 heavy (non-hydrogen) atoms. The Kier molecular flexibility index (Phi) is 3.96. The maximum atomic E-state index is 11.4. The van der Waals surface area contributed by atoms with Crippen LogP contribution in [0.5, 0.6) is 0 Å². The summed E-state index contributed by atoms with van der Waals surface area (Å²) in [5.41, 5.74) is 3.09. The van der Waals surface area contributed by atoms with E-state index in [0.717, 1.165) is 24.1 Å². The van der Waals surface area contributed by atoms with Gasteiger partial charge < -0.3 is 10.0 Å². The molecule has 122 valence electrons. The molecule has 2 amide bonds. The van der Waals surface area contributed by atoms with Crippen molar-refractivity contribution >= 4 is 23.8 Å². The van der Waals surface area contributed by atoms with Gasteiger partial charge in [-0.3, -0.25) is 14.9 Å². The fraction of sp³-hybridized carbons (Fsp3) is 0.375. The Morgan fingerprint density at radius 1 is 1.26 bits per heavy atom. The van der Waals surface area contributed by atoms with Gasteiger partial charge in [0.05, 0.1) is 5.54 Å². The normalized spacial score (nSPS) is 19.2. The summed E-state index contributed by atoms with van der Waals surface area (Å²) in [7, 11) is 0. The summed E-state index contributed by atoms with van der Waals surface area (Å²) in [6.07, 6.45) is 3.83. The first-order chi connectivity index (χ1) is 11.1. The predicted octanol–water partition coefficient (Wildman–Crippen LogP) is 1.54. The van der Waals surface area contributed by atoms with E-state index in [0.29, 0.717) is 19.6 Å². The van der Waals surface area contributed by atoms with Crippen molar-refractivity contribution in [3.63, 3.8) is 0 Å². The Morgan fingerprint density at radius 3 is 2.70 bits per heavy atom. The van der Waals surface area contributed by atoms with Gasteiger partial charge in [0, 0.05) is 31.4 Å². The Labute approximate surface area is 133 Å². The van der Waals surface area contributed by atoms with Crippen LogP contribution in [0, 0.1) is 0 Å². The van der Waals surface area contributed by atoms with E-state index >= 15 is 0 Å². The van der Waals surface area contributed by atoms with Gasteiger partial charge in [-0.05, 0) is 30.5 Å².